The van der Waals surface area contributed by atoms with Crippen LogP contribution in [0.15, 0.2) is 18.5 Å². The van der Waals surface area contributed by atoms with E-state index in [1.54, 1.807) is 18.5 Å². The third-order valence-corrected chi connectivity index (χ3v) is 3.92. The largest absolute Gasteiger partial charge is 0.377 e. The summed E-state index contributed by atoms with van der Waals surface area (Å²) in [4.78, 5) is 17.8. The Labute approximate surface area is 105 Å². The van der Waals surface area contributed by atoms with Crippen LogP contribution in [-0.2, 0) is 4.79 Å². The summed E-state index contributed by atoms with van der Waals surface area (Å²) in [6, 6.07) is 2.26. The van der Waals surface area contributed by atoms with E-state index in [9.17, 15) is 4.79 Å². The second kappa shape index (κ2) is 4.18. The van der Waals surface area contributed by atoms with Gasteiger partial charge in [-0.1, -0.05) is 11.6 Å². The van der Waals surface area contributed by atoms with Gasteiger partial charge in [0.1, 0.15) is 0 Å². The zero-order valence-electron chi connectivity index (χ0n) is 9.40. The second-order valence-electron chi connectivity index (χ2n) is 4.61. The normalized spacial score (nSPS) is 27.4. The maximum atomic E-state index is 11.8. The van der Waals surface area contributed by atoms with Crippen molar-refractivity contribution in [3.63, 3.8) is 0 Å². The lowest BCUT2D eigenvalue weighted by Crippen LogP contribution is -2.34. The number of carbonyl (C=O) groups is 1. The van der Waals surface area contributed by atoms with E-state index in [-0.39, 0.29) is 11.9 Å². The first-order chi connectivity index (χ1) is 8.25. The van der Waals surface area contributed by atoms with E-state index in [4.69, 9.17) is 11.6 Å². The van der Waals surface area contributed by atoms with E-state index in [0.717, 1.165) is 25.1 Å². The number of nitrogens with zero attached hydrogens (tertiary/aromatic N) is 2. The average Bonchev–Trinajstić information content (AvgIpc) is 2.88. The summed E-state index contributed by atoms with van der Waals surface area (Å²) >= 11 is 6.08. The minimum atomic E-state index is 0.173. The van der Waals surface area contributed by atoms with Crippen molar-refractivity contribution in [1.82, 2.24) is 9.88 Å². The van der Waals surface area contributed by atoms with Crippen molar-refractivity contribution in [2.75, 3.05) is 11.9 Å². The van der Waals surface area contributed by atoms with E-state index in [1.807, 2.05) is 4.90 Å². The summed E-state index contributed by atoms with van der Waals surface area (Å²) in [5.41, 5.74) is 0.820. The highest BCUT2D eigenvalue weighted by atomic mass is 35.5. The molecule has 5 heteroatoms. The van der Waals surface area contributed by atoms with Crippen molar-refractivity contribution in [3.8, 4) is 0 Å². The molecule has 1 aromatic rings. The van der Waals surface area contributed by atoms with Gasteiger partial charge in [0, 0.05) is 19.2 Å². The molecule has 1 aromatic heterocycles. The van der Waals surface area contributed by atoms with Gasteiger partial charge in [0.25, 0.3) is 0 Å². The third kappa shape index (κ3) is 1.86. The fourth-order valence-corrected chi connectivity index (χ4v) is 2.95. The van der Waals surface area contributed by atoms with Gasteiger partial charge < -0.3 is 10.2 Å². The first-order valence-corrected chi connectivity index (χ1v) is 6.29. The zero-order chi connectivity index (χ0) is 11.8. The van der Waals surface area contributed by atoms with Gasteiger partial charge in [-0.3, -0.25) is 9.78 Å². The minimum absolute atomic E-state index is 0.173. The van der Waals surface area contributed by atoms with Crippen molar-refractivity contribution in [2.45, 2.75) is 31.3 Å². The number of hydrogen-bond donors (Lipinski definition) is 1. The third-order valence-electron chi connectivity index (χ3n) is 3.59. The van der Waals surface area contributed by atoms with Crippen LogP contribution in [0.3, 0.4) is 0 Å². The Hall–Kier alpha value is -1.29. The topological polar surface area (TPSA) is 45.2 Å². The van der Waals surface area contributed by atoms with Crippen LogP contribution < -0.4 is 5.32 Å². The van der Waals surface area contributed by atoms with Crippen LogP contribution in [0, 0.1) is 0 Å². The molecule has 0 saturated carbocycles. The van der Waals surface area contributed by atoms with Crippen molar-refractivity contribution in [2.24, 2.45) is 0 Å². The van der Waals surface area contributed by atoms with Gasteiger partial charge in [-0.2, -0.15) is 0 Å². The van der Waals surface area contributed by atoms with Crippen LogP contribution in [0.4, 0.5) is 5.69 Å². The van der Waals surface area contributed by atoms with Gasteiger partial charge >= 0.3 is 0 Å². The van der Waals surface area contributed by atoms with Crippen LogP contribution in [-0.4, -0.2) is 34.4 Å². The zero-order valence-corrected chi connectivity index (χ0v) is 10.2. The van der Waals surface area contributed by atoms with Crippen molar-refractivity contribution in [1.29, 1.82) is 0 Å². The Kier molecular flexibility index (Phi) is 2.67. The number of rotatable bonds is 2. The monoisotopic (exact) mass is 251 g/mol. The average molecular weight is 252 g/mol. The Morgan fingerprint density at radius 3 is 3.24 bits per heavy atom. The molecular weight excluding hydrogens is 238 g/mol. The number of halogens is 1. The number of nitrogens with one attached hydrogen (secondary N) is 1. The molecule has 2 atom stereocenters. The Balaban J connectivity index is 1.78. The quantitative estimate of drug-likeness (QED) is 0.873. The number of aromatic nitrogens is 1. The fraction of sp³-hybridized carbons (Fsp3) is 0.500. The molecule has 2 fully saturated rings. The summed E-state index contributed by atoms with van der Waals surface area (Å²) in [5.74, 6) is 0.255. The van der Waals surface area contributed by atoms with E-state index in [2.05, 4.69) is 10.3 Å². The fourth-order valence-electron chi connectivity index (χ4n) is 2.79. The summed E-state index contributed by atoms with van der Waals surface area (Å²) in [5, 5.41) is 4.01. The molecule has 3 heterocycles. The Morgan fingerprint density at radius 2 is 2.41 bits per heavy atom. The summed E-state index contributed by atoms with van der Waals surface area (Å²) < 4.78 is 0. The number of carbonyl (C=O) groups excluding carboxylic acids is 1. The lowest BCUT2D eigenvalue weighted by molar-refractivity contribution is -0.127. The Bertz CT molecular complexity index is 451. The number of pyridine rings is 1. The van der Waals surface area contributed by atoms with Gasteiger partial charge in [0.05, 0.1) is 29.0 Å². The van der Waals surface area contributed by atoms with Crippen LogP contribution >= 0.6 is 11.6 Å². The van der Waals surface area contributed by atoms with Crippen molar-refractivity contribution in [3.05, 3.63) is 23.5 Å². The standard InChI is InChI=1S/C12H14ClN3O/c13-8-3-4-14-7-10(8)15-9-6-12(17)16-5-1-2-11(9)16/h3-4,7,9,11,15H,1-2,5-6H2. The molecule has 2 aliphatic rings. The lowest BCUT2D eigenvalue weighted by atomic mass is 10.1. The lowest BCUT2D eigenvalue weighted by Gasteiger charge is -2.22. The number of fused-ring (bicyclic) bond motifs is 1. The molecule has 3 rings (SSSR count). The Morgan fingerprint density at radius 1 is 1.53 bits per heavy atom. The summed E-state index contributed by atoms with van der Waals surface area (Å²) in [6.45, 7) is 0.905. The molecule has 0 aliphatic carbocycles. The van der Waals surface area contributed by atoms with E-state index in [0.29, 0.717) is 17.5 Å². The smallest absolute Gasteiger partial charge is 0.225 e. The molecule has 0 aromatic carbocycles. The summed E-state index contributed by atoms with van der Waals surface area (Å²) in [6.07, 6.45) is 6.13. The molecule has 0 spiro atoms. The number of amides is 1. The van der Waals surface area contributed by atoms with E-state index < -0.39 is 0 Å². The SMILES string of the molecule is O=C1CC(Nc2cnccc2Cl)C2CCCN12. The van der Waals surface area contributed by atoms with Gasteiger partial charge in [-0.25, -0.2) is 0 Å². The van der Waals surface area contributed by atoms with Crippen LogP contribution in [0.2, 0.25) is 5.02 Å². The van der Waals surface area contributed by atoms with Crippen LogP contribution in [0.1, 0.15) is 19.3 Å². The van der Waals surface area contributed by atoms with Gasteiger partial charge in [-0.05, 0) is 18.9 Å². The summed E-state index contributed by atoms with van der Waals surface area (Å²) in [7, 11) is 0. The minimum Gasteiger partial charge on any atom is -0.377 e. The van der Waals surface area contributed by atoms with E-state index >= 15 is 0 Å². The predicted octanol–water partition coefficient (Wildman–Crippen LogP) is 1.91. The highest BCUT2D eigenvalue weighted by Gasteiger charge is 2.42. The molecule has 1 N–H and O–H groups in total. The van der Waals surface area contributed by atoms with Gasteiger partial charge in [0.2, 0.25) is 5.91 Å². The van der Waals surface area contributed by atoms with Crippen molar-refractivity contribution < 1.29 is 4.79 Å². The molecule has 0 bridgehead atoms. The molecular formula is C12H14ClN3O. The van der Waals surface area contributed by atoms with Gasteiger partial charge in [0.15, 0.2) is 0 Å². The molecule has 1 amide bonds. The van der Waals surface area contributed by atoms with Crippen molar-refractivity contribution >= 4 is 23.2 Å². The highest BCUT2D eigenvalue weighted by molar-refractivity contribution is 6.33. The maximum absolute atomic E-state index is 11.8. The second-order valence-corrected chi connectivity index (χ2v) is 5.01. The van der Waals surface area contributed by atoms with Gasteiger partial charge in [-0.15, -0.1) is 0 Å². The molecule has 2 saturated heterocycles. The molecule has 2 unspecified atom stereocenters. The molecule has 0 radical (unpaired) electrons. The highest BCUT2D eigenvalue weighted by Crippen LogP contribution is 2.32. The van der Waals surface area contributed by atoms with Crippen LogP contribution in [0.25, 0.3) is 0 Å². The predicted molar refractivity (Wildman–Crippen MR) is 66.0 cm³/mol. The van der Waals surface area contributed by atoms with E-state index in [1.165, 1.54) is 0 Å². The number of hydrogen-bond acceptors (Lipinski definition) is 3. The maximum Gasteiger partial charge on any atom is 0.225 e. The molecule has 4 nitrogen and oxygen atoms in total. The molecule has 2 aliphatic heterocycles. The molecule has 90 valence electrons. The number of anilines is 1. The van der Waals surface area contributed by atoms with Crippen LogP contribution in [0.5, 0.6) is 0 Å². The molecule has 17 heavy (non-hydrogen) atoms. The first-order valence-electron chi connectivity index (χ1n) is 5.91. The first kappa shape index (κ1) is 10.8.